The zero-order chi connectivity index (χ0) is 7.19. The zero-order valence-corrected chi connectivity index (χ0v) is 6.31. The van der Waals surface area contributed by atoms with Gasteiger partial charge in [0.25, 0.3) is 0 Å². The molecule has 0 nitrogen and oxygen atoms in total. The number of hydrogen-bond acceptors (Lipinski definition) is 0. The molecule has 0 aliphatic heterocycles. The maximum absolute atomic E-state index is 3.28. The Morgan fingerprint density at radius 2 is 1.70 bits per heavy atom. The Kier molecular flexibility index (Phi) is 0.971. The Morgan fingerprint density at radius 3 is 2.10 bits per heavy atom. The minimum absolute atomic E-state index is 0.198. The van der Waals surface area contributed by atoms with Crippen LogP contribution in [0.5, 0.6) is 0 Å². The first-order valence-electron chi connectivity index (χ1n) is 3.58. The molecular formula is C10H10. The molecule has 1 aromatic carbocycles. The smallest absolute Gasteiger partial charge is 0.0246 e. The molecule has 1 aromatic rings. The van der Waals surface area contributed by atoms with E-state index in [1.54, 1.807) is 0 Å². The van der Waals surface area contributed by atoms with Gasteiger partial charge >= 0.3 is 0 Å². The van der Waals surface area contributed by atoms with Gasteiger partial charge in [0, 0.05) is 5.41 Å². The minimum atomic E-state index is 0.198. The van der Waals surface area contributed by atoms with Crippen LogP contribution in [0.2, 0.25) is 0 Å². The zero-order valence-electron chi connectivity index (χ0n) is 6.31. The van der Waals surface area contributed by atoms with Crippen LogP contribution in [0.25, 0.3) is 0 Å². The van der Waals surface area contributed by atoms with Crippen molar-refractivity contribution >= 4 is 0 Å². The van der Waals surface area contributed by atoms with Crippen LogP contribution in [-0.4, -0.2) is 0 Å². The lowest BCUT2D eigenvalue weighted by molar-refractivity contribution is 0.818. The van der Waals surface area contributed by atoms with Crippen LogP contribution >= 0.6 is 0 Å². The third-order valence-corrected chi connectivity index (χ3v) is 2.44. The highest BCUT2D eigenvalue weighted by Gasteiger charge is 2.43. The Labute approximate surface area is 61.9 Å². The molecule has 0 bridgehead atoms. The lowest BCUT2D eigenvalue weighted by atomic mass is 10.0. The summed E-state index contributed by atoms with van der Waals surface area (Å²) < 4.78 is 0. The van der Waals surface area contributed by atoms with E-state index in [4.69, 9.17) is 0 Å². The monoisotopic (exact) mass is 130 g/mol. The lowest BCUT2D eigenvalue weighted by Crippen LogP contribution is -1.97. The van der Waals surface area contributed by atoms with E-state index in [2.05, 4.69) is 37.6 Å². The number of fused-ring (bicyclic) bond motifs is 1. The van der Waals surface area contributed by atoms with Crippen LogP contribution in [0.15, 0.2) is 24.3 Å². The van der Waals surface area contributed by atoms with Gasteiger partial charge < -0.3 is 0 Å². The second-order valence-corrected chi connectivity index (χ2v) is 2.92. The molecule has 0 amide bonds. The first-order valence-corrected chi connectivity index (χ1v) is 3.58. The van der Waals surface area contributed by atoms with E-state index in [0.29, 0.717) is 0 Å². The SMILES string of the molecule is C[C]C1(C)c2ccccc21. The fraction of sp³-hybridized carbons (Fsp3) is 0.300. The normalized spacial score (nSPS) is 18.2. The molecule has 0 spiro atoms. The highest BCUT2D eigenvalue weighted by atomic mass is 14.5. The van der Waals surface area contributed by atoms with E-state index in [0.717, 1.165) is 0 Å². The lowest BCUT2D eigenvalue weighted by Gasteiger charge is -2.00. The van der Waals surface area contributed by atoms with Gasteiger partial charge in [0.05, 0.1) is 0 Å². The van der Waals surface area contributed by atoms with Crippen molar-refractivity contribution in [2.75, 3.05) is 0 Å². The average Bonchev–Trinajstić information content (AvgIpc) is 2.60. The molecule has 0 unspecified atom stereocenters. The largest absolute Gasteiger partial charge is 0.0619 e. The van der Waals surface area contributed by atoms with Crippen molar-refractivity contribution in [3.8, 4) is 0 Å². The van der Waals surface area contributed by atoms with Gasteiger partial charge in [-0.25, -0.2) is 0 Å². The summed E-state index contributed by atoms with van der Waals surface area (Å²) in [5, 5.41) is 0. The molecule has 10 heavy (non-hydrogen) atoms. The van der Waals surface area contributed by atoms with Gasteiger partial charge in [-0.1, -0.05) is 38.1 Å². The molecule has 2 radical (unpaired) electrons. The maximum Gasteiger partial charge on any atom is 0.0246 e. The van der Waals surface area contributed by atoms with Crippen LogP contribution in [0.4, 0.5) is 0 Å². The summed E-state index contributed by atoms with van der Waals surface area (Å²) in [6, 6.07) is 8.51. The Morgan fingerprint density at radius 1 is 1.20 bits per heavy atom. The fourth-order valence-electron chi connectivity index (χ4n) is 1.51. The summed E-state index contributed by atoms with van der Waals surface area (Å²) in [7, 11) is 0. The summed E-state index contributed by atoms with van der Waals surface area (Å²) in [5.74, 6) is 0. The number of hydrogen-bond donors (Lipinski definition) is 0. The molecule has 0 saturated carbocycles. The Hall–Kier alpha value is -0.780. The topological polar surface area (TPSA) is 0 Å². The summed E-state index contributed by atoms with van der Waals surface area (Å²) in [6.45, 7) is 4.21. The van der Waals surface area contributed by atoms with Crippen molar-refractivity contribution in [3.63, 3.8) is 0 Å². The highest BCUT2D eigenvalue weighted by molar-refractivity contribution is 5.61. The molecule has 0 saturated heterocycles. The van der Waals surface area contributed by atoms with Crippen LogP contribution < -0.4 is 0 Å². The van der Waals surface area contributed by atoms with Crippen LogP contribution in [0, 0.1) is 6.42 Å². The molecule has 0 N–H and O–H groups in total. The van der Waals surface area contributed by atoms with Gasteiger partial charge in [0.1, 0.15) is 0 Å². The van der Waals surface area contributed by atoms with Crippen LogP contribution in [0.3, 0.4) is 0 Å². The van der Waals surface area contributed by atoms with E-state index >= 15 is 0 Å². The van der Waals surface area contributed by atoms with E-state index < -0.39 is 0 Å². The van der Waals surface area contributed by atoms with Crippen molar-refractivity contribution < 1.29 is 0 Å². The van der Waals surface area contributed by atoms with Gasteiger partial charge in [-0.05, 0) is 17.5 Å². The molecule has 2 rings (SSSR count). The Balaban J connectivity index is 2.45. The van der Waals surface area contributed by atoms with Crippen molar-refractivity contribution in [2.45, 2.75) is 19.3 Å². The average molecular weight is 130 g/mol. The van der Waals surface area contributed by atoms with E-state index in [1.807, 2.05) is 6.92 Å². The second kappa shape index (κ2) is 1.63. The molecular weight excluding hydrogens is 120 g/mol. The first kappa shape index (κ1) is 5.96. The van der Waals surface area contributed by atoms with E-state index in [9.17, 15) is 0 Å². The predicted molar refractivity (Wildman–Crippen MR) is 41.8 cm³/mol. The van der Waals surface area contributed by atoms with Gasteiger partial charge in [-0.15, -0.1) is 0 Å². The highest BCUT2D eigenvalue weighted by Crippen LogP contribution is 2.50. The first-order chi connectivity index (χ1) is 4.79. The quantitative estimate of drug-likeness (QED) is 0.547. The summed E-state index contributed by atoms with van der Waals surface area (Å²) in [4.78, 5) is 0. The van der Waals surface area contributed by atoms with Gasteiger partial charge in [-0.3, -0.25) is 0 Å². The summed E-state index contributed by atoms with van der Waals surface area (Å²) in [5.41, 5.74) is 3.08. The fourth-order valence-corrected chi connectivity index (χ4v) is 1.51. The third-order valence-electron chi connectivity index (χ3n) is 2.44. The van der Waals surface area contributed by atoms with Crippen molar-refractivity contribution in [1.82, 2.24) is 0 Å². The molecule has 1 aliphatic rings. The molecule has 1 aliphatic carbocycles. The van der Waals surface area contributed by atoms with Crippen molar-refractivity contribution in [3.05, 3.63) is 41.8 Å². The summed E-state index contributed by atoms with van der Waals surface area (Å²) >= 11 is 0. The number of rotatable bonds is 1. The molecule has 0 heteroatoms. The maximum atomic E-state index is 3.28. The molecule has 0 fully saturated rings. The van der Waals surface area contributed by atoms with Crippen LogP contribution in [-0.2, 0) is 5.41 Å². The Bertz CT molecular complexity index is 237. The molecule has 0 heterocycles. The van der Waals surface area contributed by atoms with Crippen molar-refractivity contribution in [1.29, 1.82) is 0 Å². The molecule has 0 aromatic heterocycles. The number of benzene rings is 1. The van der Waals surface area contributed by atoms with Gasteiger partial charge in [0.2, 0.25) is 0 Å². The van der Waals surface area contributed by atoms with Gasteiger partial charge in [0.15, 0.2) is 0 Å². The minimum Gasteiger partial charge on any atom is -0.0619 e. The second-order valence-electron chi connectivity index (χ2n) is 2.92. The molecule has 50 valence electrons. The van der Waals surface area contributed by atoms with Crippen molar-refractivity contribution in [2.24, 2.45) is 0 Å². The summed E-state index contributed by atoms with van der Waals surface area (Å²) in [6.07, 6.45) is 3.28. The van der Waals surface area contributed by atoms with Gasteiger partial charge in [-0.2, -0.15) is 0 Å². The predicted octanol–water partition coefficient (Wildman–Crippen LogP) is 2.41. The van der Waals surface area contributed by atoms with E-state index in [-0.39, 0.29) is 5.41 Å². The third kappa shape index (κ3) is 0.518. The standard InChI is InChI=1S/C10H10/c1-3-10(2)8-6-4-5-7-9(8)10/h4-7H,1-2H3. The van der Waals surface area contributed by atoms with Crippen LogP contribution in [0.1, 0.15) is 25.0 Å². The molecule has 0 atom stereocenters. The van der Waals surface area contributed by atoms with E-state index in [1.165, 1.54) is 11.1 Å².